The lowest BCUT2D eigenvalue weighted by Crippen LogP contribution is -2.55. The fourth-order valence-electron chi connectivity index (χ4n) is 23.2. The Bertz CT molecular complexity index is 7000. The SMILES string of the molecule is c1ccc(-c2ccc3c(c2)-c2cc(-c4ccccc4)ccc2B3c2cc(B3c4ccc(-c5ccccc5)cc4-c4cc(-c5ccccc5)ccc43)c3c(c2)C2(c4ccccc4-3)c3ccccc3-c3c(B4c5ccc(-c6ccccc6)cc5-c5cc(-c6ccccc6)ccc54)cc(B4c5ccc(-c6ccccc6)cc5-c5cc(-c6ccccc6)ccc54)cc32)cc1. The molecular weight excluding hydrogens is 1500 g/mol. The molecule has 4 aliphatic heterocycles. The van der Waals surface area contributed by atoms with E-state index in [0.717, 1.165) is 0 Å². The molecule has 0 bridgehead atoms. The molecule has 0 aromatic heterocycles. The number of hydrogen-bond acceptors (Lipinski definition) is 0. The summed E-state index contributed by atoms with van der Waals surface area (Å²) in [5.41, 5.74) is 54.9. The van der Waals surface area contributed by atoms with Crippen molar-refractivity contribution in [2.75, 3.05) is 0 Å². The molecule has 0 amide bonds. The third-order valence-corrected chi connectivity index (χ3v) is 28.6. The van der Waals surface area contributed by atoms with Crippen LogP contribution in [0.15, 0.2) is 461 Å². The van der Waals surface area contributed by atoms with Gasteiger partial charge in [-0.15, -0.1) is 0 Å². The van der Waals surface area contributed by atoms with Crippen molar-refractivity contribution in [1.82, 2.24) is 0 Å². The lowest BCUT2D eigenvalue weighted by molar-refractivity contribution is 0.796. The van der Waals surface area contributed by atoms with Crippen LogP contribution in [0, 0.1) is 0 Å². The molecule has 0 saturated heterocycles. The summed E-state index contributed by atoms with van der Waals surface area (Å²) in [5.74, 6) is 0. The summed E-state index contributed by atoms with van der Waals surface area (Å²) in [4.78, 5) is 0. The highest BCUT2D eigenvalue weighted by Crippen LogP contribution is 2.63. The summed E-state index contributed by atoms with van der Waals surface area (Å²) in [7, 11) is 0. The van der Waals surface area contributed by atoms with Crippen molar-refractivity contribution in [1.29, 1.82) is 0 Å². The van der Waals surface area contributed by atoms with E-state index < -0.39 is 5.41 Å². The molecule has 2 aliphatic carbocycles. The van der Waals surface area contributed by atoms with Crippen molar-refractivity contribution in [3.63, 3.8) is 0 Å². The third-order valence-electron chi connectivity index (χ3n) is 28.6. The van der Waals surface area contributed by atoms with Crippen LogP contribution in [0.5, 0.6) is 0 Å². The van der Waals surface area contributed by atoms with E-state index in [1.807, 2.05) is 0 Å². The Morgan fingerprint density at radius 2 is 0.304 bits per heavy atom. The van der Waals surface area contributed by atoms with E-state index in [-0.39, 0.29) is 26.9 Å². The maximum Gasteiger partial charge on any atom is 0.243 e. The second-order valence-electron chi connectivity index (χ2n) is 35.0. The third kappa shape index (κ3) is 11.0. The average molecular weight is 1570 g/mol. The molecule has 6 aliphatic rings. The van der Waals surface area contributed by atoms with Crippen molar-refractivity contribution in [2.45, 2.75) is 5.41 Å². The zero-order valence-electron chi connectivity index (χ0n) is 68.7. The standard InChI is InChI=1S/C121H76B4/c1-9-29-77(30-10-1)85-49-57-109-97(65-85)98-66-86(78-31-11-2-12-32-78)50-58-110(98)122(109)93-73-107-119(117(75-93)124-113-61-53-89(81-37-17-5-18-38-81)69-101(113)102-70-90(54-62-114(102)124)82-39-19-6-20-40-82)95-45-25-27-47-105(95)121(107)106-48-28-26-46-96(106)120-108(121)74-94(123-111-59-51-87(79-33-13-3-14-34-79)67-99(111)100-68-88(52-60-112(100)123)80-35-15-4-16-36-80)76-118(120)125-115-63-55-91(83-41-21-7-22-42-83)71-103(115)104-72-92(56-64-116(104)125)84-43-23-8-24-44-84/h1-76H. The van der Waals surface area contributed by atoms with Crippen LogP contribution < -0.4 is 65.6 Å². The van der Waals surface area contributed by atoms with Crippen molar-refractivity contribution < 1.29 is 0 Å². The minimum absolute atomic E-state index is 0.153. The van der Waals surface area contributed by atoms with E-state index >= 15 is 0 Å². The van der Waals surface area contributed by atoms with Gasteiger partial charge in [-0.2, -0.15) is 0 Å². The average Bonchev–Trinajstić information content (AvgIpc) is 1.49. The van der Waals surface area contributed by atoms with Gasteiger partial charge in [0.1, 0.15) is 0 Å². The van der Waals surface area contributed by atoms with E-state index in [9.17, 15) is 0 Å². The molecule has 0 saturated carbocycles. The van der Waals surface area contributed by atoms with Gasteiger partial charge >= 0.3 is 0 Å². The maximum absolute atomic E-state index is 2.76. The predicted molar refractivity (Wildman–Crippen MR) is 532 cm³/mol. The van der Waals surface area contributed by atoms with Crippen LogP contribution in [-0.2, 0) is 5.41 Å². The Balaban J connectivity index is 0.790. The van der Waals surface area contributed by atoms with Crippen molar-refractivity contribution in [2.24, 2.45) is 0 Å². The molecule has 4 heteroatoms. The van der Waals surface area contributed by atoms with Gasteiger partial charge in [0, 0.05) is 0 Å². The molecule has 0 nitrogen and oxygen atoms in total. The highest BCUT2D eigenvalue weighted by atomic mass is 14.5. The maximum atomic E-state index is 2.76. The van der Waals surface area contributed by atoms with Gasteiger partial charge in [0.05, 0.1) is 5.41 Å². The molecule has 572 valence electrons. The molecule has 1 spiro atoms. The number of rotatable bonds is 12. The first-order valence-electron chi connectivity index (χ1n) is 44.1. The van der Waals surface area contributed by atoms with Gasteiger partial charge in [-0.1, -0.05) is 478 Å². The molecule has 0 atom stereocenters. The molecule has 0 N–H and O–H groups in total. The molecule has 125 heavy (non-hydrogen) atoms. The molecule has 20 aromatic carbocycles. The molecular formula is C121H76B4. The predicted octanol–water partition coefficient (Wildman–Crippen LogP) is 21.4. The largest absolute Gasteiger partial charge is 0.243 e. The van der Waals surface area contributed by atoms with Crippen molar-refractivity contribution in [3.8, 4) is 156 Å². The first-order valence-corrected chi connectivity index (χ1v) is 44.1. The molecule has 0 unspecified atom stereocenters. The Labute approximate surface area is 731 Å². The van der Waals surface area contributed by atoms with Crippen LogP contribution in [0.4, 0.5) is 0 Å². The van der Waals surface area contributed by atoms with Gasteiger partial charge in [-0.25, -0.2) is 0 Å². The Hall–Kier alpha value is -15.3. The van der Waals surface area contributed by atoms with Gasteiger partial charge in [-0.3, -0.25) is 0 Å². The van der Waals surface area contributed by atoms with Crippen LogP contribution in [0.1, 0.15) is 22.3 Å². The Morgan fingerprint density at radius 1 is 0.120 bits per heavy atom. The zero-order valence-corrected chi connectivity index (χ0v) is 68.7. The Morgan fingerprint density at radius 3 is 0.512 bits per heavy atom. The van der Waals surface area contributed by atoms with Crippen molar-refractivity contribution >= 4 is 92.4 Å². The molecule has 26 rings (SSSR count). The van der Waals surface area contributed by atoms with Crippen molar-refractivity contribution in [3.05, 3.63) is 483 Å². The van der Waals surface area contributed by atoms with Crippen LogP contribution >= 0.6 is 0 Å². The van der Waals surface area contributed by atoms with Gasteiger partial charge < -0.3 is 0 Å². The summed E-state index contributed by atoms with van der Waals surface area (Å²) in [6.07, 6.45) is 0. The molecule has 20 aromatic rings. The summed E-state index contributed by atoms with van der Waals surface area (Å²) in [6, 6.07) is 178. The Kier molecular flexibility index (Phi) is 16.2. The normalized spacial score (nSPS) is 13.1. The first-order chi connectivity index (χ1) is 62.0. The van der Waals surface area contributed by atoms with E-state index in [1.54, 1.807) is 0 Å². The summed E-state index contributed by atoms with van der Waals surface area (Å²) >= 11 is 0. The summed E-state index contributed by atoms with van der Waals surface area (Å²) in [5, 5.41) is 0. The first kappa shape index (κ1) is 71.4. The molecule has 0 radical (unpaired) electrons. The van der Waals surface area contributed by atoms with E-state index in [0.29, 0.717) is 0 Å². The van der Waals surface area contributed by atoms with Gasteiger partial charge in [-0.05, 0) is 227 Å². The highest BCUT2D eigenvalue weighted by molar-refractivity contribution is 7.03. The van der Waals surface area contributed by atoms with Crippen LogP contribution in [0.2, 0.25) is 0 Å². The van der Waals surface area contributed by atoms with Gasteiger partial charge in [0.2, 0.25) is 26.9 Å². The fourth-order valence-corrected chi connectivity index (χ4v) is 23.2. The second kappa shape index (κ2) is 28.4. The summed E-state index contributed by atoms with van der Waals surface area (Å²) < 4.78 is 0. The van der Waals surface area contributed by atoms with E-state index in [4.69, 9.17) is 0 Å². The van der Waals surface area contributed by atoms with Crippen LogP contribution in [0.3, 0.4) is 0 Å². The molecule has 0 fully saturated rings. The lowest BCUT2D eigenvalue weighted by Gasteiger charge is -2.33. The number of fused-ring (bicyclic) bond motifs is 22. The van der Waals surface area contributed by atoms with Gasteiger partial charge in [0.25, 0.3) is 0 Å². The lowest BCUT2D eigenvalue weighted by atomic mass is 9.34. The zero-order chi connectivity index (χ0) is 82.0. The number of benzene rings is 20. The van der Waals surface area contributed by atoms with E-state index in [2.05, 4.69) is 461 Å². The molecule has 4 heterocycles. The smallest absolute Gasteiger partial charge is 0.0710 e. The monoisotopic (exact) mass is 1570 g/mol. The second-order valence-corrected chi connectivity index (χ2v) is 35.0. The van der Waals surface area contributed by atoms with Crippen LogP contribution in [-0.4, -0.2) is 26.9 Å². The summed E-state index contributed by atoms with van der Waals surface area (Å²) in [6.45, 7) is -0.654. The van der Waals surface area contributed by atoms with Crippen LogP contribution in [0.25, 0.3) is 156 Å². The fraction of sp³-hybridized carbons (Fsp3) is 0.00826. The quantitative estimate of drug-likeness (QED) is 0.107. The van der Waals surface area contributed by atoms with E-state index in [1.165, 1.54) is 244 Å². The topological polar surface area (TPSA) is 0 Å². The van der Waals surface area contributed by atoms with Gasteiger partial charge in [0.15, 0.2) is 0 Å². The number of hydrogen-bond donors (Lipinski definition) is 0. The minimum atomic E-state index is -0.873. The minimum Gasteiger partial charge on any atom is -0.0710 e. The highest BCUT2D eigenvalue weighted by Gasteiger charge is 2.56.